The van der Waals surface area contributed by atoms with Crippen LogP contribution >= 0.6 is 0 Å². The van der Waals surface area contributed by atoms with Crippen molar-refractivity contribution in [3.8, 4) is 0 Å². The fraction of sp³-hybridized carbons (Fsp3) is 0.875. The third-order valence-electron chi connectivity index (χ3n) is 7.30. The first-order valence-electron chi connectivity index (χ1n) is 15.3. The predicted octanol–water partition coefficient (Wildman–Crippen LogP) is 4.19. The van der Waals surface area contributed by atoms with Crippen molar-refractivity contribution < 1.29 is 33.8 Å². The van der Waals surface area contributed by atoms with Crippen LogP contribution in [-0.4, -0.2) is 80.3 Å². The molecule has 3 amide bonds. The Morgan fingerprint density at radius 2 is 1.40 bits per heavy atom. The van der Waals surface area contributed by atoms with Gasteiger partial charge in [0.25, 0.3) is 0 Å². The van der Waals surface area contributed by atoms with Crippen LogP contribution in [0, 0.1) is 16.7 Å². The Kier molecular flexibility index (Phi) is 18.0. The SMILES string of the molecule is CCCCNC(=O)CCC(C)(C)OCC(C)(C)OCCNC(=O)C(C)(C)CC(C)(C)NC(=O)C(C)CC(C)(C)C(=O)O.[BH]. The van der Waals surface area contributed by atoms with E-state index in [4.69, 9.17) is 9.47 Å². The molecule has 2 radical (unpaired) electrons. The monoisotopic (exact) mass is 611 g/mol. The molecule has 0 heterocycles. The van der Waals surface area contributed by atoms with E-state index in [0.29, 0.717) is 45.6 Å². The van der Waals surface area contributed by atoms with Crippen molar-refractivity contribution in [2.24, 2.45) is 16.7 Å². The molecule has 250 valence electrons. The first kappa shape index (κ1) is 43.0. The average Bonchev–Trinajstić information content (AvgIpc) is 2.83. The van der Waals surface area contributed by atoms with Crippen LogP contribution < -0.4 is 16.0 Å². The molecule has 0 aliphatic heterocycles. The number of carboxylic acids is 1. The maximum atomic E-state index is 13.0. The predicted molar refractivity (Wildman–Crippen MR) is 173 cm³/mol. The highest BCUT2D eigenvalue weighted by atomic mass is 16.6. The summed E-state index contributed by atoms with van der Waals surface area (Å²) < 4.78 is 12.1. The van der Waals surface area contributed by atoms with Gasteiger partial charge < -0.3 is 30.5 Å². The molecular weight excluding hydrogens is 549 g/mol. The van der Waals surface area contributed by atoms with Gasteiger partial charge in [-0.15, -0.1) is 0 Å². The van der Waals surface area contributed by atoms with Gasteiger partial charge >= 0.3 is 5.97 Å². The van der Waals surface area contributed by atoms with Gasteiger partial charge in [-0.2, -0.15) is 0 Å². The fourth-order valence-corrected chi connectivity index (χ4v) is 4.75. The van der Waals surface area contributed by atoms with Crippen molar-refractivity contribution in [3.05, 3.63) is 0 Å². The Morgan fingerprint density at radius 1 is 0.814 bits per heavy atom. The number of carboxylic acid groups (broad SMARTS) is 1. The molecule has 10 nitrogen and oxygen atoms in total. The highest BCUT2D eigenvalue weighted by molar-refractivity contribution is 5.83. The molecule has 0 aromatic heterocycles. The second-order valence-corrected chi connectivity index (χ2v) is 14.8. The van der Waals surface area contributed by atoms with E-state index in [2.05, 4.69) is 22.9 Å². The van der Waals surface area contributed by atoms with E-state index in [-0.39, 0.29) is 32.6 Å². The van der Waals surface area contributed by atoms with E-state index >= 15 is 0 Å². The molecule has 1 atom stereocenters. The van der Waals surface area contributed by atoms with Crippen LogP contribution in [-0.2, 0) is 28.7 Å². The van der Waals surface area contributed by atoms with Crippen molar-refractivity contribution in [1.29, 1.82) is 0 Å². The van der Waals surface area contributed by atoms with Gasteiger partial charge in [-0.1, -0.05) is 34.1 Å². The molecule has 0 spiro atoms. The molecule has 0 fully saturated rings. The number of hydrogen-bond acceptors (Lipinski definition) is 6. The van der Waals surface area contributed by atoms with E-state index < -0.39 is 39.5 Å². The minimum Gasteiger partial charge on any atom is -0.481 e. The highest BCUT2D eigenvalue weighted by Crippen LogP contribution is 2.30. The Balaban J connectivity index is 0. The maximum absolute atomic E-state index is 13.0. The molecule has 0 aromatic carbocycles. The molecule has 0 aliphatic rings. The lowest BCUT2D eigenvalue weighted by Crippen LogP contribution is -2.51. The molecule has 0 saturated carbocycles. The lowest BCUT2D eigenvalue weighted by molar-refractivity contribution is -0.148. The molecule has 0 saturated heterocycles. The fourth-order valence-electron chi connectivity index (χ4n) is 4.75. The molecular formula is C32H62BN3O7. The summed E-state index contributed by atoms with van der Waals surface area (Å²) in [5, 5.41) is 18.2. The zero-order valence-electron chi connectivity index (χ0n) is 29.3. The van der Waals surface area contributed by atoms with Crippen LogP contribution in [0.5, 0.6) is 0 Å². The van der Waals surface area contributed by atoms with Crippen LogP contribution in [0.4, 0.5) is 0 Å². The number of carbonyl (C=O) groups excluding carboxylic acids is 3. The number of amides is 3. The highest BCUT2D eigenvalue weighted by Gasteiger charge is 2.38. The molecule has 0 rings (SSSR count). The molecule has 11 heteroatoms. The summed E-state index contributed by atoms with van der Waals surface area (Å²) in [6.45, 7) is 23.8. The minimum atomic E-state index is -1.01. The van der Waals surface area contributed by atoms with Crippen molar-refractivity contribution in [2.75, 3.05) is 26.3 Å². The summed E-state index contributed by atoms with van der Waals surface area (Å²) >= 11 is 0. The van der Waals surface area contributed by atoms with Gasteiger partial charge in [-0.3, -0.25) is 19.2 Å². The standard InChI is InChI=1S/C32H61N3O7.BH/c1-13-14-17-33-24(36)15-16-31(9,10)42-22-32(11,12)41-19-18-34-26(38)29(5,6)21-30(7,8)35-25(37)23(2)20-28(3,4)27(39)40;/h23H,13-22H2,1-12H3,(H,33,36)(H,34,38)(H,35,37)(H,39,40);1H. The van der Waals surface area contributed by atoms with E-state index in [0.717, 1.165) is 12.8 Å². The number of carbonyl (C=O) groups is 4. The number of rotatable bonds is 21. The van der Waals surface area contributed by atoms with Gasteiger partial charge in [-0.05, 0) is 81.1 Å². The molecule has 0 aromatic rings. The van der Waals surface area contributed by atoms with Gasteiger partial charge in [-0.25, -0.2) is 0 Å². The van der Waals surface area contributed by atoms with Crippen LogP contribution in [0.3, 0.4) is 0 Å². The number of ether oxygens (including phenoxy) is 2. The summed E-state index contributed by atoms with van der Waals surface area (Å²) in [6.07, 6.45) is 3.62. The van der Waals surface area contributed by atoms with Gasteiger partial charge in [0.05, 0.1) is 29.8 Å². The zero-order chi connectivity index (χ0) is 33.0. The maximum Gasteiger partial charge on any atom is 0.309 e. The first-order valence-corrected chi connectivity index (χ1v) is 15.3. The summed E-state index contributed by atoms with van der Waals surface area (Å²) in [5.74, 6) is -1.78. The molecule has 0 bridgehead atoms. The summed E-state index contributed by atoms with van der Waals surface area (Å²) in [5.41, 5.74) is -3.53. The van der Waals surface area contributed by atoms with Crippen LogP contribution in [0.15, 0.2) is 0 Å². The third-order valence-corrected chi connectivity index (χ3v) is 7.30. The van der Waals surface area contributed by atoms with Gasteiger partial charge in [0.15, 0.2) is 0 Å². The molecule has 43 heavy (non-hydrogen) atoms. The van der Waals surface area contributed by atoms with Crippen molar-refractivity contribution in [2.45, 2.75) is 138 Å². The van der Waals surface area contributed by atoms with E-state index in [1.807, 2.05) is 55.4 Å². The van der Waals surface area contributed by atoms with E-state index in [9.17, 15) is 24.3 Å². The molecule has 1 unspecified atom stereocenters. The quantitative estimate of drug-likeness (QED) is 0.113. The van der Waals surface area contributed by atoms with Crippen molar-refractivity contribution >= 4 is 32.1 Å². The largest absolute Gasteiger partial charge is 0.481 e. The third kappa shape index (κ3) is 18.3. The lowest BCUT2D eigenvalue weighted by atomic mass is 9.78. The van der Waals surface area contributed by atoms with Gasteiger partial charge in [0.1, 0.15) is 0 Å². The normalized spacial score (nSPS) is 13.5. The second-order valence-electron chi connectivity index (χ2n) is 14.8. The van der Waals surface area contributed by atoms with Crippen molar-refractivity contribution in [1.82, 2.24) is 16.0 Å². The number of unbranched alkanes of at least 4 members (excludes halogenated alkanes) is 1. The summed E-state index contributed by atoms with van der Waals surface area (Å²) in [6, 6.07) is 0. The number of hydrogen-bond donors (Lipinski definition) is 4. The number of nitrogens with one attached hydrogen (secondary N) is 3. The van der Waals surface area contributed by atoms with E-state index in [1.165, 1.54) is 0 Å². The number of aliphatic carboxylic acids is 1. The average molecular weight is 612 g/mol. The first-order chi connectivity index (χ1) is 19.0. The van der Waals surface area contributed by atoms with Gasteiger partial charge in [0.2, 0.25) is 17.7 Å². The van der Waals surface area contributed by atoms with Crippen LogP contribution in [0.1, 0.15) is 122 Å². The van der Waals surface area contributed by atoms with Crippen LogP contribution in [0.2, 0.25) is 0 Å². The van der Waals surface area contributed by atoms with Crippen LogP contribution in [0.25, 0.3) is 0 Å². The Labute approximate surface area is 263 Å². The summed E-state index contributed by atoms with van der Waals surface area (Å²) in [4.78, 5) is 49.3. The molecule has 0 aliphatic carbocycles. The Hall–Kier alpha value is -2.14. The second kappa shape index (κ2) is 18.0. The summed E-state index contributed by atoms with van der Waals surface area (Å²) in [7, 11) is 0. The van der Waals surface area contributed by atoms with Crippen molar-refractivity contribution in [3.63, 3.8) is 0 Å². The lowest BCUT2D eigenvalue weighted by Gasteiger charge is -2.36. The minimum absolute atomic E-state index is 0. The van der Waals surface area contributed by atoms with E-state index in [1.54, 1.807) is 20.8 Å². The smallest absolute Gasteiger partial charge is 0.309 e. The Morgan fingerprint density at radius 3 is 1.93 bits per heavy atom. The zero-order valence-corrected chi connectivity index (χ0v) is 29.3. The topological polar surface area (TPSA) is 143 Å². The van der Waals surface area contributed by atoms with Gasteiger partial charge in [0, 0.05) is 44.8 Å². The Bertz CT molecular complexity index is 901. The molecule has 4 N–H and O–H groups in total.